The van der Waals surface area contributed by atoms with E-state index in [1.807, 2.05) is 68.4 Å². The van der Waals surface area contributed by atoms with Crippen molar-refractivity contribution in [1.82, 2.24) is 10.2 Å². The third-order valence-corrected chi connectivity index (χ3v) is 6.39. The lowest BCUT2D eigenvalue weighted by Gasteiger charge is -2.29. The molecule has 2 atom stereocenters. The zero-order valence-electron chi connectivity index (χ0n) is 14.2. The molecular formula is C20H20N2O2S. The molecule has 5 heteroatoms. The summed E-state index contributed by atoms with van der Waals surface area (Å²) in [6.07, 6.45) is 0. The molecule has 0 bridgehead atoms. The Labute approximate surface area is 151 Å². The first-order valence-electron chi connectivity index (χ1n) is 8.40. The molecular weight excluding hydrogens is 332 g/mol. The second-order valence-corrected chi connectivity index (χ2v) is 8.71. The van der Waals surface area contributed by atoms with Gasteiger partial charge in [0, 0.05) is 16.9 Å². The summed E-state index contributed by atoms with van der Waals surface area (Å²) >= 11 is 1.69. The fraction of sp³-hybridized carbons (Fsp3) is 0.300. The first-order valence-corrected chi connectivity index (χ1v) is 9.28. The van der Waals surface area contributed by atoms with E-state index in [-0.39, 0.29) is 21.9 Å². The highest BCUT2D eigenvalue weighted by molar-refractivity contribution is 8.01. The Morgan fingerprint density at radius 2 is 1.80 bits per heavy atom. The van der Waals surface area contributed by atoms with E-state index >= 15 is 0 Å². The number of hydrogen-bond acceptors (Lipinski definition) is 3. The predicted octanol–water partition coefficient (Wildman–Crippen LogP) is 3.35. The van der Waals surface area contributed by atoms with E-state index in [0.717, 1.165) is 16.7 Å². The Kier molecular flexibility index (Phi) is 3.84. The molecule has 25 heavy (non-hydrogen) atoms. The molecule has 2 unspecified atom stereocenters. The molecule has 1 N–H and O–H groups in total. The zero-order chi connectivity index (χ0) is 17.6. The van der Waals surface area contributed by atoms with Gasteiger partial charge in [-0.15, -0.1) is 11.8 Å². The summed E-state index contributed by atoms with van der Waals surface area (Å²) in [7, 11) is 0. The van der Waals surface area contributed by atoms with E-state index in [1.165, 1.54) is 0 Å². The monoisotopic (exact) mass is 352 g/mol. The van der Waals surface area contributed by atoms with Crippen LogP contribution in [0.5, 0.6) is 0 Å². The molecule has 2 aromatic rings. The van der Waals surface area contributed by atoms with Crippen molar-refractivity contribution < 1.29 is 9.59 Å². The first-order chi connectivity index (χ1) is 12.0. The maximum absolute atomic E-state index is 13.0. The normalized spacial score (nSPS) is 23.3. The number of benzene rings is 2. The largest absolute Gasteiger partial charge is 0.350 e. The van der Waals surface area contributed by atoms with Crippen molar-refractivity contribution in [2.45, 2.75) is 36.6 Å². The molecule has 2 amide bonds. The van der Waals surface area contributed by atoms with Crippen LogP contribution in [-0.4, -0.2) is 27.5 Å². The fourth-order valence-electron chi connectivity index (χ4n) is 3.69. The fourth-order valence-corrected chi connectivity index (χ4v) is 5.27. The van der Waals surface area contributed by atoms with Crippen LogP contribution in [0.1, 0.15) is 40.7 Å². The van der Waals surface area contributed by atoms with Crippen molar-refractivity contribution in [3.63, 3.8) is 0 Å². The minimum absolute atomic E-state index is 0.0430. The molecule has 4 nitrogen and oxygen atoms in total. The summed E-state index contributed by atoms with van der Waals surface area (Å²) in [5.41, 5.74) is 2.78. The number of carbonyl (C=O) groups is 2. The van der Waals surface area contributed by atoms with Crippen LogP contribution in [0.2, 0.25) is 0 Å². The van der Waals surface area contributed by atoms with Crippen LogP contribution in [0.3, 0.4) is 0 Å². The number of carbonyl (C=O) groups excluding carboxylic acids is 2. The minimum Gasteiger partial charge on any atom is -0.350 e. The second-order valence-electron chi connectivity index (χ2n) is 6.98. The summed E-state index contributed by atoms with van der Waals surface area (Å²) in [6, 6.07) is 17.0. The van der Waals surface area contributed by atoms with Crippen molar-refractivity contribution in [2.24, 2.45) is 0 Å². The summed E-state index contributed by atoms with van der Waals surface area (Å²) in [5.74, 6) is -0.136. The standard InChI is InChI=1S/C20H20N2O2S/c1-20(2)16(17(23)21-12-13-8-4-3-5-9-13)22-18(24)14-10-6-7-11-15(14)19(22)25-20/h3-11,16,19H,12H2,1-2H3,(H,21,23). The van der Waals surface area contributed by atoms with Crippen LogP contribution in [0, 0.1) is 0 Å². The summed E-state index contributed by atoms with van der Waals surface area (Å²) in [6.45, 7) is 4.55. The highest BCUT2D eigenvalue weighted by Gasteiger charge is 2.57. The Morgan fingerprint density at radius 1 is 1.12 bits per heavy atom. The predicted molar refractivity (Wildman–Crippen MR) is 99.1 cm³/mol. The van der Waals surface area contributed by atoms with Crippen LogP contribution in [-0.2, 0) is 11.3 Å². The van der Waals surface area contributed by atoms with Gasteiger partial charge >= 0.3 is 0 Å². The Hall–Kier alpha value is -2.27. The van der Waals surface area contributed by atoms with Gasteiger partial charge in [0.05, 0.1) is 0 Å². The van der Waals surface area contributed by atoms with E-state index < -0.39 is 6.04 Å². The number of fused-ring (bicyclic) bond motifs is 3. The molecule has 0 spiro atoms. The molecule has 2 heterocycles. The lowest BCUT2D eigenvalue weighted by atomic mass is 10.0. The van der Waals surface area contributed by atoms with Gasteiger partial charge in [-0.3, -0.25) is 9.59 Å². The third-order valence-electron chi connectivity index (χ3n) is 4.85. The van der Waals surface area contributed by atoms with Crippen molar-refractivity contribution in [2.75, 3.05) is 0 Å². The Bertz CT molecular complexity index is 835. The third kappa shape index (κ3) is 2.63. The molecule has 0 saturated carbocycles. The molecule has 2 aromatic carbocycles. The molecule has 0 aliphatic carbocycles. The average Bonchev–Trinajstić information content (AvgIpc) is 3.04. The van der Waals surface area contributed by atoms with E-state index in [1.54, 1.807) is 16.7 Å². The second kappa shape index (κ2) is 5.92. The lowest BCUT2D eigenvalue weighted by Crippen LogP contribution is -2.52. The van der Waals surface area contributed by atoms with Crippen molar-refractivity contribution in [1.29, 1.82) is 0 Å². The number of amides is 2. The molecule has 2 aliphatic rings. The maximum atomic E-state index is 13.0. The van der Waals surface area contributed by atoms with Gasteiger partial charge in [-0.05, 0) is 31.0 Å². The molecule has 1 fully saturated rings. The highest BCUT2D eigenvalue weighted by atomic mass is 32.2. The molecule has 1 saturated heterocycles. The Balaban J connectivity index is 1.59. The van der Waals surface area contributed by atoms with Gasteiger partial charge in [-0.2, -0.15) is 0 Å². The Morgan fingerprint density at radius 3 is 2.56 bits per heavy atom. The topological polar surface area (TPSA) is 49.4 Å². The number of hydrogen-bond donors (Lipinski definition) is 1. The van der Waals surface area contributed by atoms with Gasteiger partial charge in [0.1, 0.15) is 11.4 Å². The molecule has 0 aromatic heterocycles. The molecule has 4 rings (SSSR count). The molecule has 2 aliphatic heterocycles. The van der Waals surface area contributed by atoms with Crippen LogP contribution in [0.4, 0.5) is 0 Å². The van der Waals surface area contributed by atoms with Gasteiger partial charge < -0.3 is 10.2 Å². The van der Waals surface area contributed by atoms with Gasteiger partial charge in [0.25, 0.3) is 5.91 Å². The van der Waals surface area contributed by atoms with Crippen LogP contribution in [0.15, 0.2) is 54.6 Å². The van der Waals surface area contributed by atoms with Crippen LogP contribution < -0.4 is 5.32 Å². The SMILES string of the molecule is CC1(C)SC2c3ccccc3C(=O)N2C1C(=O)NCc1ccccc1. The molecule has 128 valence electrons. The summed E-state index contributed by atoms with van der Waals surface area (Å²) < 4.78 is -0.339. The quantitative estimate of drug-likeness (QED) is 0.922. The van der Waals surface area contributed by atoms with Gasteiger partial charge in [-0.1, -0.05) is 48.5 Å². The van der Waals surface area contributed by atoms with E-state index in [2.05, 4.69) is 5.32 Å². The smallest absolute Gasteiger partial charge is 0.256 e. The van der Waals surface area contributed by atoms with E-state index in [0.29, 0.717) is 6.54 Å². The summed E-state index contributed by atoms with van der Waals surface area (Å²) in [5, 5.41) is 2.93. The van der Waals surface area contributed by atoms with Crippen molar-refractivity contribution in [3.05, 3.63) is 71.3 Å². The van der Waals surface area contributed by atoms with Gasteiger partial charge in [0.15, 0.2) is 0 Å². The molecule has 0 radical (unpaired) electrons. The number of rotatable bonds is 3. The maximum Gasteiger partial charge on any atom is 0.256 e. The highest BCUT2D eigenvalue weighted by Crippen LogP contribution is 2.56. The number of nitrogens with zero attached hydrogens (tertiary/aromatic N) is 1. The van der Waals surface area contributed by atoms with Crippen LogP contribution in [0.25, 0.3) is 0 Å². The van der Waals surface area contributed by atoms with Gasteiger partial charge in [0.2, 0.25) is 5.91 Å². The van der Waals surface area contributed by atoms with E-state index in [4.69, 9.17) is 0 Å². The summed E-state index contributed by atoms with van der Waals surface area (Å²) in [4.78, 5) is 27.6. The number of nitrogens with one attached hydrogen (secondary N) is 1. The number of thioether (sulfide) groups is 1. The van der Waals surface area contributed by atoms with Gasteiger partial charge in [-0.25, -0.2) is 0 Å². The van der Waals surface area contributed by atoms with E-state index in [9.17, 15) is 9.59 Å². The lowest BCUT2D eigenvalue weighted by molar-refractivity contribution is -0.126. The minimum atomic E-state index is -0.480. The van der Waals surface area contributed by atoms with Crippen molar-refractivity contribution >= 4 is 23.6 Å². The first kappa shape index (κ1) is 16.2. The zero-order valence-corrected chi connectivity index (χ0v) is 15.0. The average molecular weight is 352 g/mol. The van der Waals surface area contributed by atoms with Crippen LogP contribution >= 0.6 is 11.8 Å². The van der Waals surface area contributed by atoms with Crippen molar-refractivity contribution in [3.8, 4) is 0 Å².